The van der Waals surface area contributed by atoms with Gasteiger partial charge in [0.15, 0.2) is 11.6 Å². The van der Waals surface area contributed by atoms with Gasteiger partial charge in [0.2, 0.25) is 0 Å². The number of hydrogen-bond acceptors (Lipinski definition) is 1. The van der Waals surface area contributed by atoms with Crippen LogP contribution in [0.15, 0.2) is 16.6 Å². The maximum absolute atomic E-state index is 13.5. The molecular weight excluding hydrogens is 264 g/mol. The number of hydrogen-bond donors (Lipinski definition) is 0. The molecule has 1 fully saturated rings. The highest BCUT2D eigenvalue weighted by Gasteiger charge is 2.29. The topological polar surface area (TPSA) is 3.24 Å². The van der Waals surface area contributed by atoms with E-state index in [0.29, 0.717) is 10.4 Å². The fourth-order valence-electron chi connectivity index (χ4n) is 1.85. The Labute approximate surface area is 96.2 Å². The largest absolute Gasteiger partial charge is 0.366 e. The standard InChI is InChI=1S/C11H12BrF2N/c1-2-7-5-15(6-7)11-9(13)3-8(12)4-10(11)14/h3-4,7H,2,5-6H2,1H3. The molecule has 0 aromatic heterocycles. The van der Waals surface area contributed by atoms with E-state index in [2.05, 4.69) is 22.9 Å². The van der Waals surface area contributed by atoms with Crippen molar-refractivity contribution in [1.82, 2.24) is 0 Å². The summed E-state index contributed by atoms with van der Waals surface area (Å²) in [6.07, 6.45) is 1.07. The molecule has 1 nitrogen and oxygen atoms in total. The Morgan fingerprint density at radius 3 is 2.33 bits per heavy atom. The van der Waals surface area contributed by atoms with Crippen molar-refractivity contribution in [2.75, 3.05) is 18.0 Å². The van der Waals surface area contributed by atoms with Crippen LogP contribution in [0.5, 0.6) is 0 Å². The number of anilines is 1. The van der Waals surface area contributed by atoms with Crippen LogP contribution in [0.4, 0.5) is 14.5 Å². The molecule has 1 aliphatic heterocycles. The van der Waals surface area contributed by atoms with Crippen LogP contribution in [-0.2, 0) is 0 Å². The van der Waals surface area contributed by atoms with Gasteiger partial charge < -0.3 is 4.90 Å². The molecule has 0 spiro atoms. The summed E-state index contributed by atoms with van der Waals surface area (Å²) in [6, 6.07) is 2.61. The first-order chi connectivity index (χ1) is 7.11. The molecule has 15 heavy (non-hydrogen) atoms. The highest BCUT2D eigenvalue weighted by molar-refractivity contribution is 9.10. The smallest absolute Gasteiger partial charge is 0.150 e. The summed E-state index contributed by atoms with van der Waals surface area (Å²) in [5.74, 6) is -0.402. The lowest BCUT2D eigenvalue weighted by Gasteiger charge is -2.40. The van der Waals surface area contributed by atoms with Crippen molar-refractivity contribution < 1.29 is 8.78 Å². The predicted molar refractivity (Wildman–Crippen MR) is 60.1 cm³/mol. The molecule has 0 N–H and O–H groups in total. The minimum atomic E-state index is -0.489. The first-order valence-corrected chi connectivity index (χ1v) is 5.80. The van der Waals surface area contributed by atoms with Crippen LogP contribution in [0.1, 0.15) is 13.3 Å². The van der Waals surface area contributed by atoms with Gasteiger partial charge in [-0.3, -0.25) is 0 Å². The molecule has 0 saturated carbocycles. The highest BCUT2D eigenvalue weighted by atomic mass is 79.9. The van der Waals surface area contributed by atoms with Crippen LogP contribution < -0.4 is 4.90 Å². The fourth-order valence-corrected chi connectivity index (χ4v) is 2.25. The summed E-state index contributed by atoms with van der Waals surface area (Å²) in [7, 11) is 0. The van der Waals surface area contributed by atoms with Gasteiger partial charge in [0, 0.05) is 17.6 Å². The maximum atomic E-state index is 13.5. The normalized spacial score (nSPS) is 16.7. The number of halogens is 3. The van der Waals surface area contributed by atoms with Gasteiger partial charge in [0.05, 0.1) is 0 Å². The molecule has 1 aliphatic rings. The molecule has 0 bridgehead atoms. The maximum Gasteiger partial charge on any atom is 0.150 e. The predicted octanol–water partition coefficient (Wildman–Crippen LogP) is 3.57. The molecule has 0 amide bonds. The average molecular weight is 276 g/mol. The van der Waals surface area contributed by atoms with Crippen LogP contribution >= 0.6 is 15.9 Å². The third kappa shape index (κ3) is 2.00. The second-order valence-corrected chi connectivity index (χ2v) is 4.81. The van der Waals surface area contributed by atoms with E-state index in [1.165, 1.54) is 12.1 Å². The first kappa shape index (κ1) is 10.9. The molecule has 1 aromatic carbocycles. The zero-order valence-corrected chi connectivity index (χ0v) is 10.0. The zero-order valence-electron chi connectivity index (χ0n) is 8.43. The second-order valence-electron chi connectivity index (χ2n) is 3.90. The van der Waals surface area contributed by atoms with Crippen LogP contribution in [-0.4, -0.2) is 13.1 Å². The Balaban J connectivity index is 2.22. The first-order valence-electron chi connectivity index (χ1n) is 5.01. The summed E-state index contributed by atoms with van der Waals surface area (Å²) < 4.78 is 27.4. The van der Waals surface area contributed by atoms with Gasteiger partial charge in [-0.25, -0.2) is 8.78 Å². The Bertz CT molecular complexity index is 352. The molecule has 0 unspecified atom stereocenters. The molecule has 0 aliphatic carbocycles. The zero-order chi connectivity index (χ0) is 11.0. The number of benzene rings is 1. The number of nitrogens with zero attached hydrogens (tertiary/aromatic N) is 1. The summed E-state index contributed by atoms with van der Waals surface area (Å²) >= 11 is 3.06. The molecule has 0 radical (unpaired) electrons. The van der Waals surface area contributed by atoms with Crippen molar-refractivity contribution in [2.45, 2.75) is 13.3 Å². The van der Waals surface area contributed by atoms with Crippen molar-refractivity contribution in [3.8, 4) is 0 Å². The van der Waals surface area contributed by atoms with Crippen LogP contribution in [0.2, 0.25) is 0 Å². The Hall–Kier alpha value is -0.640. The van der Waals surface area contributed by atoms with Crippen molar-refractivity contribution in [1.29, 1.82) is 0 Å². The van der Waals surface area contributed by atoms with Gasteiger partial charge in [0.1, 0.15) is 5.69 Å². The van der Waals surface area contributed by atoms with E-state index in [0.717, 1.165) is 19.5 Å². The quantitative estimate of drug-likeness (QED) is 0.798. The van der Waals surface area contributed by atoms with Crippen molar-refractivity contribution in [3.05, 3.63) is 28.2 Å². The summed E-state index contributed by atoms with van der Waals surface area (Å²) in [4.78, 5) is 1.76. The second kappa shape index (κ2) is 4.08. The van der Waals surface area contributed by atoms with Gasteiger partial charge in [-0.15, -0.1) is 0 Å². The Kier molecular flexibility index (Phi) is 2.96. The van der Waals surface area contributed by atoms with E-state index >= 15 is 0 Å². The van der Waals surface area contributed by atoms with Crippen LogP contribution in [0.3, 0.4) is 0 Å². The molecule has 0 atom stereocenters. The van der Waals surface area contributed by atoms with E-state index in [-0.39, 0.29) is 5.69 Å². The SMILES string of the molecule is CCC1CN(c2c(F)cc(Br)cc2F)C1. The molecule has 1 heterocycles. The van der Waals surface area contributed by atoms with Crippen LogP contribution in [0, 0.1) is 17.6 Å². The molecule has 2 rings (SSSR count). The van der Waals surface area contributed by atoms with Gasteiger partial charge >= 0.3 is 0 Å². The Morgan fingerprint density at radius 1 is 1.33 bits per heavy atom. The summed E-state index contributed by atoms with van der Waals surface area (Å²) in [6.45, 7) is 3.61. The number of rotatable bonds is 2. The lowest BCUT2D eigenvalue weighted by atomic mass is 9.96. The van der Waals surface area contributed by atoms with Crippen molar-refractivity contribution in [3.63, 3.8) is 0 Å². The lowest BCUT2D eigenvalue weighted by molar-refractivity contribution is 0.387. The molecular formula is C11H12BrF2N. The lowest BCUT2D eigenvalue weighted by Crippen LogP contribution is -2.47. The van der Waals surface area contributed by atoms with Crippen LogP contribution in [0.25, 0.3) is 0 Å². The molecule has 4 heteroatoms. The van der Waals surface area contributed by atoms with Crippen molar-refractivity contribution >= 4 is 21.6 Å². The van der Waals surface area contributed by atoms with E-state index in [4.69, 9.17) is 0 Å². The van der Waals surface area contributed by atoms with E-state index in [9.17, 15) is 8.78 Å². The van der Waals surface area contributed by atoms with E-state index in [1.54, 1.807) is 4.90 Å². The highest BCUT2D eigenvalue weighted by Crippen LogP contribution is 2.32. The van der Waals surface area contributed by atoms with Gasteiger partial charge in [0.25, 0.3) is 0 Å². The van der Waals surface area contributed by atoms with Gasteiger partial charge in [-0.1, -0.05) is 22.9 Å². The summed E-state index contributed by atoms with van der Waals surface area (Å²) in [5, 5.41) is 0. The summed E-state index contributed by atoms with van der Waals surface area (Å²) in [5.41, 5.74) is 0.114. The van der Waals surface area contributed by atoms with E-state index < -0.39 is 11.6 Å². The third-order valence-corrected chi connectivity index (χ3v) is 3.29. The molecule has 1 saturated heterocycles. The third-order valence-electron chi connectivity index (χ3n) is 2.83. The monoisotopic (exact) mass is 275 g/mol. The van der Waals surface area contributed by atoms with Crippen molar-refractivity contribution in [2.24, 2.45) is 5.92 Å². The molecule has 1 aromatic rings. The van der Waals surface area contributed by atoms with Gasteiger partial charge in [-0.2, -0.15) is 0 Å². The average Bonchev–Trinajstić information content (AvgIpc) is 2.06. The van der Waals surface area contributed by atoms with E-state index in [1.807, 2.05) is 0 Å². The minimum absolute atomic E-state index is 0.114. The fraction of sp³-hybridized carbons (Fsp3) is 0.455. The van der Waals surface area contributed by atoms with Gasteiger partial charge in [-0.05, 0) is 24.5 Å². The minimum Gasteiger partial charge on any atom is -0.366 e. The Morgan fingerprint density at radius 2 is 1.87 bits per heavy atom. The molecule has 82 valence electrons.